The Balaban J connectivity index is 0.000000562. The summed E-state index contributed by atoms with van der Waals surface area (Å²) in [6, 6.07) is 17.6. The fourth-order valence-electron chi connectivity index (χ4n) is 2.62. The van der Waals surface area contributed by atoms with Crippen LogP contribution in [-0.2, 0) is 22.4 Å². The molecule has 0 fully saturated rings. The first kappa shape index (κ1) is 28.2. The van der Waals surface area contributed by atoms with Crippen molar-refractivity contribution in [3.63, 3.8) is 0 Å². The van der Waals surface area contributed by atoms with Gasteiger partial charge in [-0.05, 0) is 11.1 Å². The van der Waals surface area contributed by atoms with E-state index in [-0.39, 0.29) is 39.1 Å². The Kier molecular flexibility index (Phi) is 13.8. The first-order chi connectivity index (χ1) is 14.2. The molecule has 31 heavy (non-hydrogen) atoms. The van der Waals surface area contributed by atoms with Gasteiger partial charge in [-0.25, -0.2) is 9.59 Å². The molecule has 4 radical (unpaired) electrons. The van der Waals surface area contributed by atoms with Crippen LogP contribution in [-0.4, -0.2) is 82.9 Å². The molecular formula is C22H30N2O6Pb+4. The van der Waals surface area contributed by atoms with E-state index in [1.54, 1.807) is 0 Å². The van der Waals surface area contributed by atoms with E-state index >= 15 is 0 Å². The summed E-state index contributed by atoms with van der Waals surface area (Å²) in [5.41, 5.74) is 1.94. The summed E-state index contributed by atoms with van der Waals surface area (Å²) in [5.74, 6) is -1.55. The summed E-state index contributed by atoms with van der Waals surface area (Å²) < 4.78 is 0. The molecule has 2 atom stereocenters. The Labute approximate surface area is 201 Å². The van der Waals surface area contributed by atoms with Crippen LogP contribution in [0.25, 0.3) is 0 Å². The summed E-state index contributed by atoms with van der Waals surface area (Å²) in [6.07, 6.45) is 0.853. The van der Waals surface area contributed by atoms with Gasteiger partial charge in [-0.3, -0.25) is 9.59 Å². The molecule has 0 aliphatic carbocycles. The van der Waals surface area contributed by atoms with E-state index in [9.17, 15) is 9.59 Å². The average molecular weight is 626 g/mol. The number of amides is 2. The van der Waals surface area contributed by atoms with Crippen LogP contribution in [0.15, 0.2) is 60.7 Å². The number of hydrogen-bond donors (Lipinski definition) is 2. The van der Waals surface area contributed by atoms with Gasteiger partial charge in [0.15, 0.2) is 0 Å². The molecule has 164 valence electrons. The molecule has 0 heterocycles. The standard InChI is InChI=1S/2C11H13NO3.Pb/c2*1-8(13)12-10(11(14)15)7-9-5-3-2-4-6-9;/h2*2-6,10H,7H2,1H3,(H,12,13)(H,14,15);/p+4. The van der Waals surface area contributed by atoms with E-state index in [2.05, 4.69) is 10.6 Å². The van der Waals surface area contributed by atoms with Crippen molar-refractivity contribution in [2.24, 2.45) is 0 Å². The molecule has 8 N–H and O–H groups in total. The van der Waals surface area contributed by atoms with Crippen LogP contribution in [0, 0.1) is 0 Å². The van der Waals surface area contributed by atoms with Crippen molar-refractivity contribution in [3.8, 4) is 0 Å². The number of hydrogen-bond acceptors (Lipinski definition) is 2. The molecule has 2 rings (SSSR count). The number of benzene rings is 2. The van der Waals surface area contributed by atoms with Crippen LogP contribution in [0.3, 0.4) is 0 Å². The van der Waals surface area contributed by atoms with E-state index in [4.69, 9.17) is 19.8 Å². The minimum atomic E-state index is -0.634. The van der Waals surface area contributed by atoms with Gasteiger partial charge in [0.1, 0.15) is 0 Å². The summed E-state index contributed by atoms with van der Waals surface area (Å²) >= 11 is 0. The van der Waals surface area contributed by atoms with E-state index in [1.807, 2.05) is 60.7 Å². The molecule has 8 nitrogen and oxygen atoms in total. The van der Waals surface area contributed by atoms with Gasteiger partial charge in [0, 0.05) is 54.0 Å². The van der Waals surface area contributed by atoms with Crippen molar-refractivity contribution in [2.45, 2.75) is 38.8 Å². The second-order valence-electron chi connectivity index (χ2n) is 6.66. The van der Waals surface area contributed by atoms with Crippen LogP contribution in [0.4, 0.5) is 0 Å². The molecule has 2 unspecified atom stereocenters. The predicted molar refractivity (Wildman–Crippen MR) is 122 cm³/mol. The van der Waals surface area contributed by atoms with Gasteiger partial charge < -0.3 is 20.8 Å². The summed E-state index contributed by atoms with van der Waals surface area (Å²) in [4.78, 5) is 39.8. The van der Waals surface area contributed by atoms with Crippen LogP contribution in [0.2, 0.25) is 0 Å². The Hall–Kier alpha value is -2.76. The van der Waals surface area contributed by atoms with E-state index in [1.165, 1.54) is 13.8 Å². The van der Waals surface area contributed by atoms with Gasteiger partial charge in [0.25, 0.3) is 0 Å². The zero-order chi connectivity index (χ0) is 22.5. The maximum Gasteiger partial charge on any atom is 0.645 e. The van der Waals surface area contributed by atoms with E-state index < -0.39 is 24.0 Å². The second kappa shape index (κ2) is 15.1. The molecule has 0 bridgehead atoms. The smallest absolute Gasteiger partial charge is 0.522 e. The average Bonchev–Trinajstić information content (AvgIpc) is 2.68. The maximum absolute atomic E-state index is 10.8. The van der Waals surface area contributed by atoms with Crippen molar-refractivity contribution in [1.29, 1.82) is 0 Å². The Morgan fingerprint density at radius 3 is 1.26 bits per heavy atom. The SMILES string of the molecule is CC(=O)NC(Cc1ccccc1)C(=[OH+])[OH2+].CC(=O)NC(Cc1ccccc1)C(=[OH+])[OH2+].[Pb]. The van der Waals surface area contributed by atoms with E-state index in [0.717, 1.165) is 11.1 Å². The van der Waals surface area contributed by atoms with E-state index in [0.29, 0.717) is 12.8 Å². The van der Waals surface area contributed by atoms with Crippen molar-refractivity contribution in [1.82, 2.24) is 10.6 Å². The minimum absolute atomic E-state index is 0. The molecular weight excluding hydrogens is 595 g/mol. The Morgan fingerprint density at radius 2 is 1.03 bits per heavy atom. The van der Waals surface area contributed by atoms with Gasteiger partial charge in [0.05, 0.1) is 0 Å². The van der Waals surface area contributed by atoms with Gasteiger partial charge in [-0.15, -0.1) is 0 Å². The van der Waals surface area contributed by atoms with Crippen LogP contribution in [0.1, 0.15) is 25.0 Å². The van der Waals surface area contributed by atoms with Crippen molar-refractivity contribution in [2.75, 3.05) is 0 Å². The predicted octanol–water partition coefficient (Wildman–Crippen LogP) is -0.459. The number of carbonyl (C=O) groups excluding carboxylic acids is 4. The molecule has 2 amide bonds. The number of nitrogens with one attached hydrogen (secondary N) is 2. The van der Waals surface area contributed by atoms with Crippen LogP contribution in [0.5, 0.6) is 0 Å². The summed E-state index contributed by atoms with van der Waals surface area (Å²) in [6.45, 7) is 2.72. The first-order valence-electron chi connectivity index (χ1n) is 9.36. The molecule has 9 heteroatoms. The van der Waals surface area contributed by atoms with Gasteiger partial charge in [0.2, 0.25) is 23.9 Å². The quantitative estimate of drug-likeness (QED) is 0.302. The maximum atomic E-state index is 10.8. The van der Waals surface area contributed by atoms with Gasteiger partial charge in [-0.2, -0.15) is 0 Å². The third-order valence-corrected chi connectivity index (χ3v) is 3.98. The summed E-state index contributed by atoms with van der Waals surface area (Å²) in [5, 5.41) is 19.3. The monoisotopic (exact) mass is 626 g/mol. The fraction of sp³-hybridized carbons (Fsp3) is 0.273. The zero-order valence-electron chi connectivity index (χ0n) is 17.6. The fourth-order valence-corrected chi connectivity index (χ4v) is 2.62. The zero-order valence-corrected chi connectivity index (χ0v) is 21.4. The molecule has 0 saturated heterocycles. The summed E-state index contributed by atoms with van der Waals surface area (Å²) in [7, 11) is 0. The van der Waals surface area contributed by atoms with Gasteiger partial charge >= 0.3 is 11.9 Å². The molecule has 2 aromatic carbocycles. The third kappa shape index (κ3) is 12.5. The Bertz CT molecular complexity index is 774. The molecule has 0 aliphatic heterocycles. The van der Waals surface area contributed by atoms with Crippen molar-refractivity contribution in [3.05, 3.63) is 71.8 Å². The van der Waals surface area contributed by atoms with Crippen molar-refractivity contribution >= 4 is 51.1 Å². The number of rotatable bonds is 8. The minimum Gasteiger partial charge on any atom is -0.522 e. The van der Waals surface area contributed by atoms with Crippen molar-refractivity contribution < 1.29 is 29.4 Å². The van der Waals surface area contributed by atoms with Crippen LogP contribution < -0.4 is 10.6 Å². The Morgan fingerprint density at radius 1 is 0.742 bits per heavy atom. The molecule has 0 saturated carbocycles. The van der Waals surface area contributed by atoms with Gasteiger partial charge in [-0.1, -0.05) is 60.7 Å². The third-order valence-electron chi connectivity index (χ3n) is 3.98. The second-order valence-corrected chi connectivity index (χ2v) is 6.66. The first-order valence-corrected chi connectivity index (χ1v) is 9.36. The molecule has 2 aromatic rings. The number of carbonyl (C=O) groups is 2. The topological polar surface area (TPSA) is 147 Å². The largest absolute Gasteiger partial charge is 0.645 e. The normalized spacial score (nSPS) is 11.4. The molecule has 0 aromatic heterocycles. The molecule has 0 spiro atoms. The van der Waals surface area contributed by atoms with Crippen LogP contribution >= 0.6 is 0 Å². The molecule has 0 aliphatic rings.